The Morgan fingerprint density at radius 2 is 1.81 bits per heavy atom. The van der Waals surface area contributed by atoms with Crippen molar-refractivity contribution in [2.75, 3.05) is 0 Å². The van der Waals surface area contributed by atoms with E-state index < -0.39 is 0 Å². The number of hydrogen-bond acceptors (Lipinski definition) is 2. The van der Waals surface area contributed by atoms with Gasteiger partial charge in [0.05, 0.1) is 9.35 Å². The fraction of sp³-hybridized carbons (Fsp3) is 0. The predicted octanol–water partition coefficient (Wildman–Crippen LogP) is 4.64. The molecule has 0 aliphatic rings. The molecule has 1 nitrogen and oxygen atoms in total. The van der Waals surface area contributed by atoms with Gasteiger partial charge in [-0.1, -0.05) is 0 Å². The Morgan fingerprint density at radius 3 is 2.31 bits per heavy atom. The minimum absolute atomic E-state index is 0.109. The molecule has 0 aliphatic carbocycles. The average molecular weight is 364 g/mol. The lowest BCUT2D eigenvalue weighted by atomic mass is 10.1. The fourth-order valence-electron chi connectivity index (χ4n) is 1.21. The number of carbonyl (C=O) groups is 1. The first-order chi connectivity index (χ1) is 7.59. The fourth-order valence-corrected chi connectivity index (χ4v) is 3.32. The summed E-state index contributed by atoms with van der Waals surface area (Å²) in [6, 6.07) is 5.53. The molecule has 1 heterocycles. The van der Waals surface area contributed by atoms with Crippen molar-refractivity contribution in [1.82, 2.24) is 0 Å². The van der Waals surface area contributed by atoms with Crippen molar-refractivity contribution < 1.29 is 9.18 Å². The summed E-state index contributed by atoms with van der Waals surface area (Å²) in [5.74, 6) is -0.453. The van der Waals surface area contributed by atoms with E-state index in [-0.39, 0.29) is 11.6 Å². The summed E-state index contributed by atoms with van der Waals surface area (Å²) in [6.45, 7) is 0. The minimum atomic E-state index is -0.344. The highest BCUT2D eigenvalue weighted by atomic mass is 79.9. The van der Waals surface area contributed by atoms with Crippen molar-refractivity contribution in [2.24, 2.45) is 0 Å². The van der Waals surface area contributed by atoms with Crippen molar-refractivity contribution in [3.05, 3.63) is 54.8 Å². The van der Waals surface area contributed by atoms with E-state index in [1.807, 2.05) is 5.38 Å². The summed E-state index contributed by atoms with van der Waals surface area (Å²) in [5, 5.41) is 1.83. The molecule has 0 aliphatic heterocycles. The number of benzene rings is 1. The molecule has 1 aromatic heterocycles. The SMILES string of the molecule is O=C(c1ccc(F)cc1)c1scc(Br)c1Br. The molecule has 0 bridgehead atoms. The lowest BCUT2D eigenvalue weighted by Gasteiger charge is -1.99. The monoisotopic (exact) mass is 362 g/mol. The second-order valence-electron chi connectivity index (χ2n) is 3.06. The summed E-state index contributed by atoms with van der Waals surface area (Å²) < 4.78 is 14.3. The van der Waals surface area contributed by atoms with Gasteiger partial charge in [0, 0.05) is 15.4 Å². The van der Waals surface area contributed by atoms with Crippen LogP contribution in [0.1, 0.15) is 15.2 Å². The molecule has 82 valence electrons. The minimum Gasteiger partial charge on any atom is -0.288 e. The molecular formula is C11H5Br2FOS. The molecule has 0 saturated carbocycles. The van der Waals surface area contributed by atoms with Gasteiger partial charge in [-0.05, 0) is 56.1 Å². The smallest absolute Gasteiger partial charge is 0.204 e. The Labute approximate surface area is 113 Å². The quantitative estimate of drug-likeness (QED) is 0.710. The van der Waals surface area contributed by atoms with Crippen LogP contribution in [0.3, 0.4) is 0 Å². The van der Waals surface area contributed by atoms with Gasteiger partial charge >= 0.3 is 0 Å². The first-order valence-corrected chi connectivity index (χ1v) is 6.79. The first kappa shape index (κ1) is 12.0. The van der Waals surface area contributed by atoms with Gasteiger partial charge < -0.3 is 0 Å². The molecule has 0 amide bonds. The lowest BCUT2D eigenvalue weighted by Crippen LogP contribution is -1.99. The second kappa shape index (κ2) is 4.77. The zero-order valence-corrected chi connectivity index (χ0v) is 11.8. The van der Waals surface area contributed by atoms with Crippen LogP contribution in [0, 0.1) is 5.82 Å². The standard InChI is InChI=1S/C11H5Br2FOS/c12-8-5-16-11(9(8)13)10(15)6-1-3-7(14)4-2-6/h1-5H. The number of thiophene rings is 1. The van der Waals surface area contributed by atoms with E-state index in [0.29, 0.717) is 10.4 Å². The van der Waals surface area contributed by atoms with Crippen LogP contribution in [0.4, 0.5) is 4.39 Å². The lowest BCUT2D eigenvalue weighted by molar-refractivity contribution is 0.104. The molecule has 2 rings (SSSR count). The number of carbonyl (C=O) groups excluding carboxylic acids is 1. The van der Waals surface area contributed by atoms with Crippen molar-refractivity contribution >= 4 is 49.0 Å². The van der Waals surface area contributed by atoms with Crippen LogP contribution >= 0.6 is 43.2 Å². The molecule has 2 aromatic rings. The third-order valence-electron chi connectivity index (χ3n) is 2.00. The summed E-state index contributed by atoms with van der Waals surface area (Å²) in [4.78, 5) is 12.6. The molecule has 16 heavy (non-hydrogen) atoms. The summed E-state index contributed by atoms with van der Waals surface area (Å²) >= 11 is 8.00. The van der Waals surface area contributed by atoms with Gasteiger partial charge in [-0.25, -0.2) is 4.39 Å². The van der Waals surface area contributed by atoms with E-state index in [1.54, 1.807) is 0 Å². The van der Waals surface area contributed by atoms with Gasteiger partial charge in [0.2, 0.25) is 5.78 Å². The third-order valence-corrected chi connectivity index (χ3v) is 5.53. The maximum atomic E-state index is 12.7. The molecule has 0 N–H and O–H groups in total. The van der Waals surface area contributed by atoms with Crippen molar-refractivity contribution in [1.29, 1.82) is 0 Å². The highest BCUT2D eigenvalue weighted by Crippen LogP contribution is 2.33. The van der Waals surface area contributed by atoms with Crippen LogP contribution in [0.15, 0.2) is 38.6 Å². The average Bonchev–Trinajstić information content (AvgIpc) is 2.60. The number of halogens is 3. The largest absolute Gasteiger partial charge is 0.288 e. The maximum Gasteiger partial charge on any atom is 0.204 e. The Hall–Kier alpha value is -0.520. The zero-order chi connectivity index (χ0) is 11.7. The molecule has 1 aromatic carbocycles. The van der Waals surface area contributed by atoms with E-state index >= 15 is 0 Å². The van der Waals surface area contributed by atoms with Crippen LogP contribution in [0.2, 0.25) is 0 Å². The first-order valence-electron chi connectivity index (χ1n) is 4.32. The highest BCUT2D eigenvalue weighted by molar-refractivity contribution is 9.13. The second-order valence-corrected chi connectivity index (χ2v) is 5.59. The number of rotatable bonds is 2. The molecule has 5 heteroatoms. The van der Waals surface area contributed by atoms with E-state index in [9.17, 15) is 9.18 Å². The number of ketones is 1. The Morgan fingerprint density at radius 1 is 1.19 bits per heavy atom. The van der Waals surface area contributed by atoms with Crippen molar-refractivity contribution in [3.63, 3.8) is 0 Å². The topological polar surface area (TPSA) is 17.1 Å². The van der Waals surface area contributed by atoms with E-state index in [2.05, 4.69) is 31.9 Å². The normalized spacial score (nSPS) is 10.4. The van der Waals surface area contributed by atoms with Crippen LogP contribution < -0.4 is 0 Å². The van der Waals surface area contributed by atoms with Crippen molar-refractivity contribution in [2.45, 2.75) is 0 Å². The molecule has 0 atom stereocenters. The van der Waals surface area contributed by atoms with Gasteiger partial charge in [0.25, 0.3) is 0 Å². The van der Waals surface area contributed by atoms with E-state index in [0.717, 1.165) is 8.95 Å². The molecule has 0 spiro atoms. The highest BCUT2D eigenvalue weighted by Gasteiger charge is 2.16. The van der Waals surface area contributed by atoms with Crippen LogP contribution in [0.5, 0.6) is 0 Å². The summed E-state index contributed by atoms with van der Waals surface area (Å²) in [6.07, 6.45) is 0. The number of hydrogen-bond donors (Lipinski definition) is 0. The van der Waals surface area contributed by atoms with Crippen LogP contribution in [-0.2, 0) is 0 Å². The van der Waals surface area contributed by atoms with Crippen LogP contribution in [-0.4, -0.2) is 5.78 Å². The molecule has 0 unspecified atom stereocenters. The molecule has 0 fully saturated rings. The Bertz CT molecular complexity index is 533. The maximum absolute atomic E-state index is 12.7. The van der Waals surface area contributed by atoms with Crippen LogP contribution in [0.25, 0.3) is 0 Å². The van der Waals surface area contributed by atoms with Gasteiger partial charge in [0.1, 0.15) is 5.82 Å². The molecule has 0 radical (unpaired) electrons. The summed E-state index contributed by atoms with van der Waals surface area (Å²) in [5.41, 5.74) is 0.483. The van der Waals surface area contributed by atoms with Gasteiger partial charge in [-0.2, -0.15) is 0 Å². The van der Waals surface area contributed by atoms with E-state index in [1.165, 1.54) is 35.6 Å². The Kier molecular flexibility index (Phi) is 3.56. The van der Waals surface area contributed by atoms with Gasteiger partial charge in [0.15, 0.2) is 0 Å². The Balaban J connectivity index is 2.39. The predicted molar refractivity (Wildman–Crippen MR) is 69.6 cm³/mol. The van der Waals surface area contributed by atoms with E-state index in [4.69, 9.17) is 0 Å². The summed E-state index contributed by atoms with van der Waals surface area (Å²) in [7, 11) is 0. The zero-order valence-electron chi connectivity index (χ0n) is 7.84. The van der Waals surface area contributed by atoms with Crippen molar-refractivity contribution in [3.8, 4) is 0 Å². The molecule has 0 saturated heterocycles. The van der Waals surface area contributed by atoms with Gasteiger partial charge in [-0.3, -0.25) is 4.79 Å². The van der Waals surface area contributed by atoms with Gasteiger partial charge in [-0.15, -0.1) is 11.3 Å². The molecular weight excluding hydrogens is 359 g/mol. The third kappa shape index (κ3) is 2.26.